The van der Waals surface area contributed by atoms with E-state index in [2.05, 4.69) is 45.1 Å². The maximum absolute atomic E-state index is 8.81. The van der Waals surface area contributed by atoms with E-state index in [1.165, 1.54) is 12.5 Å². The Morgan fingerprint density at radius 1 is 1.20 bits per heavy atom. The number of allylic oxidation sites excluding steroid dienone is 1. The van der Waals surface area contributed by atoms with Gasteiger partial charge in [-0.25, -0.2) is 0 Å². The Kier molecular flexibility index (Phi) is 8.33. The molecule has 1 fully saturated rings. The molecule has 5 atom stereocenters. The molecule has 2 bridgehead atoms. The summed E-state index contributed by atoms with van der Waals surface area (Å²) in [5.41, 5.74) is 1.52. The van der Waals surface area contributed by atoms with Crippen molar-refractivity contribution in [2.45, 2.75) is 33.8 Å². The molecule has 1 aliphatic carbocycles. The number of aliphatic hydroxyl groups excluding tert-OH is 1. The topological polar surface area (TPSA) is 55.8 Å². The first-order valence-electron chi connectivity index (χ1n) is 8.76. The van der Waals surface area contributed by atoms with Crippen LogP contribution >= 0.6 is 0 Å². The minimum absolute atomic E-state index is 0.174. The van der Waals surface area contributed by atoms with Crippen molar-refractivity contribution in [1.82, 2.24) is 0 Å². The number of methoxy groups -OCH3 is 1. The number of carbonyl (C=O) groups is 1. The van der Waals surface area contributed by atoms with Crippen LogP contribution in [0.15, 0.2) is 36.4 Å². The molecule has 1 aromatic rings. The lowest BCUT2D eigenvalue weighted by Gasteiger charge is -2.52. The lowest BCUT2D eigenvalue weighted by molar-refractivity contribution is -0.137. The molecule has 0 radical (unpaired) electrons. The molecule has 1 heterocycles. The summed E-state index contributed by atoms with van der Waals surface area (Å²) in [6.45, 7) is 9.33. The molecule has 4 nitrogen and oxygen atoms in total. The van der Waals surface area contributed by atoms with Gasteiger partial charge >= 0.3 is 0 Å². The SMILES string of the molecule is CC=O.CO.COc1ccc(C2OCC3(C)C(C)C=CC2C3C)cc1. The molecule has 25 heavy (non-hydrogen) atoms. The zero-order valence-corrected chi connectivity index (χ0v) is 16.2. The van der Waals surface area contributed by atoms with Crippen LogP contribution in [0.2, 0.25) is 0 Å². The third-order valence-corrected chi connectivity index (χ3v) is 5.65. The predicted octanol–water partition coefficient (Wildman–Crippen LogP) is 4.04. The minimum atomic E-state index is 0.174. The molecular weight excluding hydrogens is 316 g/mol. The second kappa shape index (κ2) is 9.73. The average molecular weight is 348 g/mol. The predicted molar refractivity (Wildman–Crippen MR) is 101 cm³/mol. The first kappa shape index (κ1) is 21.4. The standard InChI is InChI=1S/C18H24O2.C2H4O.CH4O/c1-12-5-10-16-13(2)18(12,3)11-20-17(16)14-6-8-15(19-4)9-7-14;1-2-3;1-2/h5-10,12-13,16-17H,11H2,1-4H3;2H,1H3;2H,1H3. The molecule has 1 saturated heterocycles. The van der Waals surface area contributed by atoms with Crippen LogP contribution < -0.4 is 4.74 Å². The summed E-state index contributed by atoms with van der Waals surface area (Å²) in [4.78, 5) is 8.81. The lowest BCUT2D eigenvalue weighted by atomic mass is 9.59. The van der Waals surface area contributed by atoms with Crippen LogP contribution in [0.5, 0.6) is 5.75 Å². The van der Waals surface area contributed by atoms with Gasteiger partial charge in [-0.3, -0.25) is 0 Å². The van der Waals surface area contributed by atoms with Crippen molar-refractivity contribution in [3.63, 3.8) is 0 Å². The fourth-order valence-electron chi connectivity index (χ4n) is 3.65. The normalized spacial score (nSPS) is 32.4. The van der Waals surface area contributed by atoms with Crippen LogP contribution in [0, 0.1) is 23.2 Å². The highest BCUT2D eigenvalue weighted by molar-refractivity contribution is 5.44. The molecule has 0 amide bonds. The van der Waals surface area contributed by atoms with Gasteiger partial charge in [0.05, 0.1) is 19.8 Å². The number of aliphatic hydroxyl groups is 1. The monoisotopic (exact) mass is 348 g/mol. The molecule has 1 aliphatic heterocycles. The second-order valence-corrected chi connectivity index (χ2v) is 6.79. The number of hydrogen-bond acceptors (Lipinski definition) is 4. The van der Waals surface area contributed by atoms with Gasteiger partial charge in [-0.2, -0.15) is 0 Å². The Morgan fingerprint density at radius 2 is 1.76 bits per heavy atom. The van der Waals surface area contributed by atoms with Crippen molar-refractivity contribution in [3.8, 4) is 5.75 Å². The van der Waals surface area contributed by atoms with E-state index in [0.717, 1.165) is 25.8 Å². The Morgan fingerprint density at radius 3 is 2.28 bits per heavy atom. The molecule has 2 aliphatic rings. The molecule has 0 aromatic heterocycles. The van der Waals surface area contributed by atoms with E-state index in [1.807, 2.05) is 12.1 Å². The van der Waals surface area contributed by atoms with Gasteiger partial charge in [0, 0.05) is 18.4 Å². The number of hydrogen-bond donors (Lipinski definition) is 1. The average Bonchev–Trinajstić information content (AvgIpc) is 2.63. The summed E-state index contributed by atoms with van der Waals surface area (Å²) in [6.07, 6.45) is 5.67. The summed E-state index contributed by atoms with van der Waals surface area (Å²) in [7, 11) is 2.70. The fraction of sp³-hybridized carbons (Fsp3) is 0.571. The molecule has 1 N–H and O–H groups in total. The highest BCUT2D eigenvalue weighted by atomic mass is 16.5. The number of aldehydes is 1. The third-order valence-electron chi connectivity index (χ3n) is 5.65. The van der Waals surface area contributed by atoms with E-state index in [0.29, 0.717) is 17.8 Å². The van der Waals surface area contributed by atoms with Gasteiger partial charge in [0.2, 0.25) is 0 Å². The second-order valence-electron chi connectivity index (χ2n) is 6.79. The number of carbonyl (C=O) groups excluding carboxylic acids is 1. The van der Waals surface area contributed by atoms with Gasteiger partial charge in [-0.05, 0) is 36.5 Å². The molecule has 140 valence electrons. The maximum Gasteiger partial charge on any atom is 0.118 e. The zero-order chi connectivity index (χ0) is 19.0. The third kappa shape index (κ3) is 4.50. The molecule has 4 heteroatoms. The van der Waals surface area contributed by atoms with Gasteiger partial charge in [0.25, 0.3) is 0 Å². The smallest absolute Gasteiger partial charge is 0.118 e. The quantitative estimate of drug-likeness (QED) is 0.647. The number of rotatable bonds is 2. The molecule has 3 rings (SSSR count). The Balaban J connectivity index is 0.000000567. The summed E-state index contributed by atoms with van der Waals surface area (Å²) in [5, 5.41) is 7.00. The fourth-order valence-corrected chi connectivity index (χ4v) is 3.65. The Labute approximate surface area is 151 Å². The van der Waals surface area contributed by atoms with E-state index < -0.39 is 0 Å². The van der Waals surface area contributed by atoms with Gasteiger partial charge in [-0.15, -0.1) is 0 Å². The van der Waals surface area contributed by atoms with Crippen LogP contribution in [-0.2, 0) is 9.53 Å². The van der Waals surface area contributed by atoms with E-state index >= 15 is 0 Å². The highest BCUT2D eigenvalue weighted by Crippen LogP contribution is 2.53. The van der Waals surface area contributed by atoms with Gasteiger partial charge in [0.15, 0.2) is 0 Å². The van der Waals surface area contributed by atoms with Crippen LogP contribution in [0.3, 0.4) is 0 Å². The van der Waals surface area contributed by atoms with Crippen LogP contribution in [0.1, 0.15) is 39.4 Å². The summed E-state index contributed by atoms with van der Waals surface area (Å²) in [5.74, 6) is 2.60. The highest BCUT2D eigenvalue weighted by Gasteiger charge is 2.48. The molecule has 5 unspecified atom stereocenters. The maximum atomic E-state index is 8.81. The van der Waals surface area contributed by atoms with Crippen molar-refractivity contribution in [1.29, 1.82) is 0 Å². The van der Waals surface area contributed by atoms with Crippen molar-refractivity contribution < 1.29 is 19.4 Å². The van der Waals surface area contributed by atoms with Crippen LogP contribution in [-0.4, -0.2) is 32.2 Å². The van der Waals surface area contributed by atoms with Gasteiger partial charge in [-0.1, -0.05) is 45.1 Å². The number of benzene rings is 1. The van der Waals surface area contributed by atoms with Crippen molar-refractivity contribution in [3.05, 3.63) is 42.0 Å². The summed E-state index contributed by atoms with van der Waals surface area (Å²) in [6, 6.07) is 8.30. The first-order chi connectivity index (χ1) is 12.0. The number of fused-ring (bicyclic) bond motifs is 2. The van der Waals surface area contributed by atoms with E-state index in [9.17, 15) is 0 Å². The van der Waals surface area contributed by atoms with Gasteiger partial charge in [0.1, 0.15) is 12.0 Å². The Bertz CT molecular complexity index is 552. The molecule has 1 aromatic carbocycles. The lowest BCUT2D eigenvalue weighted by Crippen LogP contribution is -2.48. The van der Waals surface area contributed by atoms with Crippen LogP contribution in [0.4, 0.5) is 0 Å². The molecule has 0 saturated carbocycles. The summed E-state index contributed by atoms with van der Waals surface area (Å²) < 4.78 is 11.5. The van der Waals surface area contributed by atoms with E-state index in [-0.39, 0.29) is 11.5 Å². The van der Waals surface area contributed by atoms with Crippen LogP contribution in [0.25, 0.3) is 0 Å². The number of ether oxygens (including phenoxy) is 2. The minimum Gasteiger partial charge on any atom is -0.497 e. The van der Waals surface area contributed by atoms with Crippen molar-refractivity contribution >= 4 is 6.29 Å². The van der Waals surface area contributed by atoms with Crippen molar-refractivity contribution in [2.24, 2.45) is 23.2 Å². The van der Waals surface area contributed by atoms with E-state index in [1.54, 1.807) is 7.11 Å². The zero-order valence-electron chi connectivity index (χ0n) is 16.2. The van der Waals surface area contributed by atoms with Gasteiger partial charge < -0.3 is 19.4 Å². The molecule has 0 spiro atoms. The first-order valence-corrected chi connectivity index (χ1v) is 8.76. The van der Waals surface area contributed by atoms with E-state index in [4.69, 9.17) is 19.4 Å². The Hall–Kier alpha value is -1.65. The molecular formula is C21H32O4. The van der Waals surface area contributed by atoms with Crippen molar-refractivity contribution in [2.75, 3.05) is 20.8 Å². The largest absolute Gasteiger partial charge is 0.497 e. The summed E-state index contributed by atoms with van der Waals surface area (Å²) >= 11 is 0.